The van der Waals surface area contributed by atoms with Crippen molar-refractivity contribution in [1.29, 1.82) is 0 Å². The summed E-state index contributed by atoms with van der Waals surface area (Å²) in [5.74, 6) is 1.71. The molecule has 0 bridgehead atoms. The molecule has 15 heavy (non-hydrogen) atoms. The van der Waals surface area contributed by atoms with Gasteiger partial charge in [0.05, 0.1) is 6.61 Å². The van der Waals surface area contributed by atoms with Gasteiger partial charge >= 0.3 is 5.97 Å². The Morgan fingerprint density at radius 1 is 1.67 bits per heavy atom. The van der Waals surface area contributed by atoms with E-state index in [9.17, 15) is 9.59 Å². The number of rotatable bonds is 4. The van der Waals surface area contributed by atoms with Crippen molar-refractivity contribution >= 4 is 11.8 Å². The van der Waals surface area contributed by atoms with E-state index in [0.29, 0.717) is 19.4 Å². The first-order chi connectivity index (χ1) is 7.20. The molecule has 0 spiro atoms. The highest BCUT2D eigenvalue weighted by molar-refractivity contribution is 6.00. The summed E-state index contributed by atoms with van der Waals surface area (Å²) in [6.45, 7) is 2.07. The summed E-state index contributed by atoms with van der Waals surface area (Å²) in [6, 6.07) is 0. The molecule has 0 heterocycles. The van der Waals surface area contributed by atoms with E-state index >= 15 is 0 Å². The molecule has 0 aromatic carbocycles. The molecule has 1 saturated carbocycles. The van der Waals surface area contributed by atoms with Crippen molar-refractivity contribution in [3.8, 4) is 12.3 Å². The molecule has 82 valence electrons. The molecule has 1 aliphatic rings. The highest BCUT2D eigenvalue weighted by atomic mass is 16.5. The van der Waals surface area contributed by atoms with Crippen LogP contribution < -0.4 is 0 Å². The van der Waals surface area contributed by atoms with E-state index < -0.39 is 5.92 Å². The number of ketones is 1. The van der Waals surface area contributed by atoms with Crippen molar-refractivity contribution in [2.45, 2.75) is 32.6 Å². The number of carbonyl (C=O) groups is 2. The zero-order chi connectivity index (χ0) is 11.3. The minimum Gasteiger partial charge on any atom is -0.465 e. The Balaban J connectivity index is 2.60. The van der Waals surface area contributed by atoms with Gasteiger partial charge in [-0.15, -0.1) is 12.3 Å². The summed E-state index contributed by atoms with van der Waals surface area (Å²) < 4.78 is 4.90. The molecular formula is C12H16O3. The third-order valence-corrected chi connectivity index (χ3v) is 2.78. The van der Waals surface area contributed by atoms with Gasteiger partial charge in [-0.3, -0.25) is 9.59 Å². The molecule has 2 atom stereocenters. The van der Waals surface area contributed by atoms with E-state index in [1.807, 2.05) is 0 Å². The fourth-order valence-corrected chi connectivity index (χ4v) is 2.05. The van der Waals surface area contributed by atoms with Crippen LogP contribution in [-0.2, 0) is 14.3 Å². The van der Waals surface area contributed by atoms with Crippen molar-refractivity contribution in [1.82, 2.24) is 0 Å². The van der Waals surface area contributed by atoms with E-state index in [1.54, 1.807) is 6.92 Å². The number of terminal acetylenes is 1. The maximum atomic E-state index is 11.5. The van der Waals surface area contributed by atoms with Crippen molar-refractivity contribution in [2.75, 3.05) is 6.61 Å². The number of ether oxygens (including phenoxy) is 1. The normalized spacial score (nSPS) is 24.9. The van der Waals surface area contributed by atoms with Crippen LogP contribution in [0.1, 0.15) is 32.6 Å². The van der Waals surface area contributed by atoms with Crippen molar-refractivity contribution in [3.63, 3.8) is 0 Å². The minimum absolute atomic E-state index is 0.00970. The van der Waals surface area contributed by atoms with Crippen LogP contribution in [0, 0.1) is 24.2 Å². The molecule has 0 amide bonds. The lowest BCUT2D eigenvalue weighted by Crippen LogP contribution is -2.27. The van der Waals surface area contributed by atoms with E-state index in [1.165, 1.54) is 0 Å². The van der Waals surface area contributed by atoms with E-state index in [2.05, 4.69) is 5.92 Å². The quantitative estimate of drug-likeness (QED) is 0.400. The molecule has 0 aromatic heterocycles. The summed E-state index contributed by atoms with van der Waals surface area (Å²) in [4.78, 5) is 23.0. The van der Waals surface area contributed by atoms with Gasteiger partial charge in [-0.2, -0.15) is 0 Å². The van der Waals surface area contributed by atoms with Gasteiger partial charge in [0.1, 0.15) is 11.7 Å². The Labute approximate surface area is 90.2 Å². The topological polar surface area (TPSA) is 43.4 Å². The van der Waals surface area contributed by atoms with Crippen molar-refractivity contribution in [3.05, 3.63) is 0 Å². The fourth-order valence-electron chi connectivity index (χ4n) is 2.05. The summed E-state index contributed by atoms with van der Waals surface area (Å²) in [5, 5.41) is 0. The van der Waals surface area contributed by atoms with Gasteiger partial charge < -0.3 is 4.74 Å². The molecule has 0 aromatic rings. The van der Waals surface area contributed by atoms with Gasteiger partial charge in [-0.1, -0.05) is 0 Å². The number of hydrogen-bond donors (Lipinski definition) is 0. The standard InChI is InChI=1S/C12H16O3/c1-3-5-6-9-7-8-10(13)11(9)12(14)15-4-2/h1,9,11H,4-8H2,2H3. The predicted molar refractivity (Wildman–Crippen MR) is 55.9 cm³/mol. The van der Waals surface area contributed by atoms with E-state index in [4.69, 9.17) is 11.2 Å². The average molecular weight is 208 g/mol. The molecule has 0 saturated heterocycles. The second-order valence-electron chi connectivity index (χ2n) is 3.74. The maximum Gasteiger partial charge on any atom is 0.316 e. The zero-order valence-corrected chi connectivity index (χ0v) is 8.99. The SMILES string of the molecule is C#CCCC1CCC(=O)C1C(=O)OCC. The van der Waals surface area contributed by atoms with Crippen LogP contribution in [0.2, 0.25) is 0 Å². The second kappa shape index (κ2) is 5.55. The number of hydrogen-bond acceptors (Lipinski definition) is 3. The van der Waals surface area contributed by atoms with Crippen LogP contribution in [-0.4, -0.2) is 18.4 Å². The first-order valence-corrected chi connectivity index (χ1v) is 5.33. The van der Waals surface area contributed by atoms with Crippen LogP contribution >= 0.6 is 0 Å². The summed E-state index contributed by atoms with van der Waals surface area (Å²) in [7, 11) is 0. The first-order valence-electron chi connectivity index (χ1n) is 5.33. The molecule has 1 rings (SSSR count). The lowest BCUT2D eigenvalue weighted by Gasteiger charge is -2.15. The highest BCUT2D eigenvalue weighted by Crippen LogP contribution is 2.33. The molecule has 0 radical (unpaired) electrons. The van der Waals surface area contributed by atoms with E-state index in [0.717, 1.165) is 12.8 Å². The van der Waals surface area contributed by atoms with Gasteiger partial charge in [0.25, 0.3) is 0 Å². The summed E-state index contributed by atoms with van der Waals surface area (Å²) in [6.07, 6.45) is 7.78. The highest BCUT2D eigenvalue weighted by Gasteiger charge is 2.40. The van der Waals surface area contributed by atoms with Gasteiger partial charge in [0.15, 0.2) is 0 Å². The third-order valence-electron chi connectivity index (χ3n) is 2.78. The van der Waals surface area contributed by atoms with Gasteiger partial charge in [0, 0.05) is 12.8 Å². The van der Waals surface area contributed by atoms with E-state index in [-0.39, 0.29) is 17.7 Å². The second-order valence-corrected chi connectivity index (χ2v) is 3.74. The average Bonchev–Trinajstić information content (AvgIpc) is 2.57. The predicted octanol–water partition coefficient (Wildman–Crippen LogP) is 1.56. The Bertz CT molecular complexity index is 288. The summed E-state index contributed by atoms with van der Waals surface area (Å²) >= 11 is 0. The van der Waals surface area contributed by atoms with Crippen molar-refractivity contribution in [2.24, 2.45) is 11.8 Å². The van der Waals surface area contributed by atoms with Crippen LogP contribution in [0.15, 0.2) is 0 Å². The largest absolute Gasteiger partial charge is 0.465 e. The maximum absolute atomic E-state index is 11.5. The smallest absolute Gasteiger partial charge is 0.316 e. The Morgan fingerprint density at radius 2 is 2.40 bits per heavy atom. The van der Waals surface area contributed by atoms with Gasteiger partial charge in [-0.25, -0.2) is 0 Å². The van der Waals surface area contributed by atoms with Crippen LogP contribution in [0.5, 0.6) is 0 Å². The molecule has 3 nitrogen and oxygen atoms in total. The van der Waals surface area contributed by atoms with Crippen LogP contribution in [0.3, 0.4) is 0 Å². The number of Topliss-reactive ketones (excluding diaryl/α,β-unsaturated/α-hetero) is 1. The monoisotopic (exact) mass is 208 g/mol. The third kappa shape index (κ3) is 2.82. The number of esters is 1. The zero-order valence-electron chi connectivity index (χ0n) is 8.99. The van der Waals surface area contributed by atoms with Gasteiger partial charge in [0.2, 0.25) is 0 Å². The van der Waals surface area contributed by atoms with Crippen LogP contribution in [0.4, 0.5) is 0 Å². The molecule has 2 unspecified atom stereocenters. The summed E-state index contributed by atoms with van der Waals surface area (Å²) in [5.41, 5.74) is 0. The molecule has 0 N–H and O–H groups in total. The lowest BCUT2D eigenvalue weighted by atomic mass is 9.91. The first kappa shape index (κ1) is 11.8. The van der Waals surface area contributed by atoms with Gasteiger partial charge in [-0.05, 0) is 25.7 Å². The fraction of sp³-hybridized carbons (Fsp3) is 0.667. The molecule has 0 aliphatic heterocycles. The minimum atomic E-state index is -0.557. The number of carbonyl (C=O) groups excluding carboxylic acids is 2. The molecule has 1 aliphatic carbocycles. The lowest BCUT2D eigenvalue weighted by molar-refractivity contribution is -0.152. The Morgan fingerprint density at radius 3 is 3.00 bits per heavy atom. The molecule has 1 fully saturated rings. The molecular weight excluding hydrogens is 192 g/mol. The Kier molecular flexibility index (Phi) is 4.36. The Hall–Kier alpha value is -1.30. The van der Waals surface area contributed by atoms with Crippen LogP contribution in [0.25, 0.3) is 0 Å². The van der Waals surface area contributed by atoms with Crippen molar-refractivity contribution < 1.29 is 14.3 Å². The molecule has 3 heteroatoms.